The lowest BCUT2D eigenvalue weighted by Gasteiger charge is -2.13. The van der Waals surface area contributed by atoms with Gasteiger partial charge in [-0.15, -0.1) is 0 Å². The highest BCUT2D eigenvalue weighted by Crippen LogP contribution is 2.29. The van der Waals surface area contributed by atoms with Crippen LogP contribution in [0.2, 0.25) is 0 Å². The fourth-order valence-corrected chi connectivity index (χ4v) is 2.68. The molecule has 0 bridgehead atoms. The zero-order valence-corrected chi connectivity index (χ0v) is 13.1. The second kappa shape index (κ2) is 7.56. The highest BCUT2D eigenvalue weighted by molar-refractivity contribution is 8.13. The van der Waals surface area contributed by atoms with Crippen LogP contribution in [0.4, 0.5) is 23.7 Å². The van der Waals surface area contributed by atoms with Gasteiger partial charge in [0.2, 0.25) is 0 Å². The second-order valence-corrected chi connectivity index (χ2v) is 5.87. The SMILES string of the molecule is O=C(COC(=O)CN1CCSC1=O)Nc1ccc(C(F)(F)F)cc1. The number of ether oxygens (including phenoxy) is 1. The molecule has 0 radical (unpaired) electrons. The summed E-state index contributed by atoms with van der Waals surface area (Å²) < 4.78 is 42.0. The molecule has 2 rings (SSSR count). The maximum absolute atomic E-state index is 12.4. The number of hydrogen-bond donors (Lipinski definition) is 1. The molecule has 1 fully saturated rings. The van der Waals surface area contributed by atoms with E-state index >= 15 is 0 Å². The third-order valence-corrected chi connectivity index (χ3v) is 3.92. The Labute approximate surface area is 139 Å². The van der Waals surface area contributed by atoms with E-state index < -0.39 is 30.2 Å². The molecule has 2 amide bonds. The zero-order valence-electron chi connectivity index (χ0n) is 12.3. The Morgan fingerprint density at radius 2 is 1.92 bits per heavy atom. The van der Waals surface area contributed by atoms with E-state index in [1.165, 1.54) is 4.90 Å². The van der Waals surface area contributed by atoms with Crippen molar-refractivity contribution in [2.24, 2.45) is 0 Å². The molecule has 1 aliphatic rings. The van der Waals surface area contributed by atoms with Crippen molar-refractivity contribution in [3.63, 3.8) is 0 Å². The van der Waals surface area contributed by atoms with E-state index in [-0.39, 0.29) is 17.5 Å². The Hall–Kier alpha value is -2.23. The summed E-state index contributed by atoms with van der Waals surface area (Å²) in [6, 6.07) is 3.86. The molecule has 0 saturated carbocycles. The number of halogens is 3. The smallest absolute Gasteiger partial charge is 0.416 e. The molecule has 1 N–H and O–H groups in total. The van der Waals surface area contributed by atoms with Crippen LogP contribution in [0.15, 0.2) is 24.3 Å². The molecule has 0 atom stereocenters. The van der Waals surface area contributed by atoms with E-state index in [9.17, 15) is 27.6 Å². The first-order chi connectivity index (χ1) is 11.3. The maximum Gasteiger partial charge on any atom is 0.416 e. The van der Waals surface area contributed by atoms with E-state index in [0.29, 0.717) is 12.3 Å². The van der Waals surface area contributed by atoms with Crippen molar-refractivity contribution in [2.45, 2.75) is 6.18 Å². The standard InChI is InChI=1S/C14H13F3N2O4S/c15-14(16,17)9-1-3-10(4-2-9)18-11(20)8-23-12(21)7-19-5-6-24-13(19)22/h1-4H,5-8H2,(H,18,20). The zero-order chi connectivity index (χ0) is 17.7. The van der Waals surface area contributed by atoms with Crippen molar-refractivity contribution >= 4 is 34.6 Å². The number of amides is 2. The van der Waals surface area contributed by atoms with Crippen molar-refractivity contribution in [3.05, 3.63) is 29.8 Å². The predicted octanol–water partition coefficient (Wildman–Crippen LogP) is 2.36. The molecule has 1 aliphatic heterocycles. The van der Waals surface area contributed by atoms with Crippen molar-refractivity contribution in [1.29, 1.82) is 0 Å². The van der Waals surface area contributed by atoms with Crippen LogP contribution >= 0.6 is 11.8 Å². The van der Waals surface area contributed by atoms with Gasteiger partial charge in [0.15, 0.2) is 6.61 Å². The number of alkyl halides is 3. The fraction of sp³-hybridized carbons (Fsp3) is 0.357. The van der Waals surface area contributed by atoms with Crippen molar-refractivity contribution in [2.75, 3.05) is 30.8 Å². The van der Waals surface area contributed by atoms with Gasteiger partial charge in [-0.25, -0.2) is 0 Å². The Balaban J connectivity index is 1.76. The molecule has 1 saturated heterocycles. The summed E-state index contributed by atoms with van der Waals surface area (Å²) in [7, 11) is 0. The molecule has 10 heteroatoms. The van der Waals surface area contributed by atoms with E-state index in [1.807, 2.05) is 0 Å². The minimum Gasteiger partial charge on any atom is -0.454 e. The Morgan fingerprint density at radius 1 is 1.25 bits per heavy atom. The molecular formula is C14H13F3N2O4S. The van der Waals surface area contributed by atoms with Gasteiger partial charge in [0.25, 0.3) is 11.1 Å². The molecule has 0 aliphatic carbocycles. The van der Waals surface area contributed by atoms with E-state index in [1.54, 1.807) is 0 Å². The van der Waals surface area contributed by atoms with Gasteiger partial charge in [-0.05, 0) is 24.3 Å². The fourth-order valence-electron chi connectivity index (χ4n) is 1.86. The van der Waals surface area contributed by atoms with Crippen LogP contribution in [0.5, 0.6) is 0 Å². The molecule has 1 aromatic rings. The van der Waals surface area contributed by atoms with Crippen LogP contribution in [0.1, 0.15) is 5.56 Å². The first kappa shape index (κ1) is 18.1. The van der Waals surface area contributed by atoms with Crippen molar-refractivity contribution in [3.8, 4) is 0 Å². The molecule has 24 heavy (non-hydrogen) atoms. The minimum atomic E-state index is -4.45. The molecule has 130 valence electrons. The summed E-state index contributed by atoms with van der Waals surface area (Å²) in [5, 5.41) is 2.09. The number of rotatable bonds is 5. The average molecular weight is 362 g/mol. The molecule has 6 nitrogen and oxygen atoms in total. The summed E-state index contributed by atoms with van der Waals surface area (Å²) in [6.07, 6.45) is -4.45. The highest BCUT2D eigenvalue weighted by atomic mass is 32.2. The number of carbonyl (C=O) groups is 3. The second-order valence-electron chi connectivity index (χ2n) is 4.82. The Bertz CT molecular complexity index is 634. The molecule has 1 aromatic carbocycles. The van der Waals surface area contributed by atoms with Gasteiger partial charge in [0.1, 0.15) is 6.54 Å². The monoisotopic (exact) mass is 362 g/mol. The number of benzene rings is 1. The largest absolute Gasteiger partial charge is 0.454 e. The van der Waals surface area contributed by atoms with Crippen LogP contribution < -0.4 is 5.32 Å². The predicted molar refractivity (Wildman–Crippen MR) is 80.5 cm³/mol. The van der Waals surface area contributed by atoms with Gasteiger partial charge in [-0.3, -0.25) is 14.4 Å². The Morgan fingerprint density at radius 3 is 2.46 bits per heavy atom. The summed E-state index contributed by atoms with van der Waals surface area (Å²) in [5.74, 6) is -0.820. The van der Waals surface area contributed by atoms with Gasteiger partial charge in [0.05, 0.1) is 5.56 Å². The number of nitrogens with zero attached hydrogens (tertiary/aromatic N) is 1. The van der Waals surface area contributed by atoms with E-state index in [0.717, 1.165) is 36.0 Å². The summed E-state index contributed by atoms with van der Waals surface area (Å²) in [6.45, 7) is -0.384. The average Bonchev–Trinajstić information content (AvgIpc) is 2.90. The van der Waals surface area contributed by atoms with Gasteiger partial charge in [0, 0.05) is 18.0 Å². The molecule has 1 heterocycles. The van der Waals surface area contributed by atoms with E-state index in [2.05, 4.69) is 5.32 Å². The topological polar surface area (TPSA) is 75.7 Å². The lowest BCUT2D eigenvalue weighted by Crippen LogP contribution is -2.32. The third-order valence-electron chi connectivity index (χ3n) is 3.03. The molecular weight excluding hydrogens is 349 g/mol. The summed E-state index contributed by atoms with van der Waals surface area (Å²) >= 11 is 1.10. The number of esters is 1. The minimum absolute atomic E-state index is 0.148. The van der Waals surface area contributed by atoms with Crippen molar-refractivity contribution < 1.29 is 32.3 Å². The van der Waals surface area contributed by atoms with Crippen LogP contribution in [-0.4, -0.2) is 47.5 Å². The van der Waals surface area contributed by atoms with Gasteiger partial charge in [-0.1, -0.05) is 11.8 Å². The van der Waals surface area contributed by atoms with Crippen molar-refractivity contribution in [1.82, 2.24) is 4.90 Å². The molecule has 0 aromatic heterocycles. The summed E-state index contributed by atoms with van der Waals surface area (Å²) in [5.41, 5.74) is -0.685. The summed E-state index contributed by atoms with van der Waals surface area (Å²) in [4.78, 5) is 35.7. The number of anilines is 1. The number of nitrogens with one attached hydrogen (secondary N) is 1. The first-order valence-corrected chi connectivity index (χ1v) is 7.79. The number of hydrogen-bond acceptors (Lipinski definition) is 5. The van der Waals surface area contributed by atoms with Gasteiger partial charge >= 0.3 is 12.1 Å². The van der Waals surface area contributed by atoms with Gasteiger partial charge < -0.3 is 15.0 Å². The van der Waals surface area contributed by atoms with Gasteiger partial charge in [-0.2, -0.15) is 13.2 Å². The van der Waals surface area contributed by atoms with Crippen LogP contribution in [0, 0.1) is 0 Å². The maximum atomic E-state index is 12.4. The van der Waals surface area contributed by atoms with E-state index in [4.69, 9.17) is 4.74 Å². The highest BCUT2D eigenvalue weighted by Gasteiger charge is 2.30. The third kappa shape index (κ3) is 5.15. The number of thioether (sulfide) groups is 1. The quantitative estimate of drug-likeness (QED) is 0.814. The normalized spacial score (nSPS) is 14.6. The number of carbonyl (C=O) groups excluding carboxylic acids is 3. The Kier molecular flexibility index (Phi) is 5.71. The molecule has 0 spiro atoms. The van der Waals surface area contributed by atoms with Crippen LogP contribution in [0.3, 0.4) is 0 Å². The van der Waals surface area contributed by atoms with Crippen LogP contribution in [-0.2, 0) is 20.5 Å². The van der Waals surface area contributed by atoms with Crippen LogP contribution in [0.25, 0.3) is 0 Å². The first-order valence-electron chi connectivity index (χ1n) is 6.80. The lowest BCUT2D eigenvalue weighted by molar-refractivity contribution is -0.147. The molecule has 0 unspecified atom stereocenters. The lowest BCUT2D eigenvalue weighted by atomic mass is 10.2.